The van der Waals surface area contributed by atoms with E-state index in [0.717, 1.165) is 53.9 Å². The first kappa shape index (κ1) is 18.6. The van der Waals surface area contributed by atoms with E-state index < -0.39 is 0 Å². The molecule has 4 rings (SSSR count). The van der Waals surface area contributed by atoms with Crippen molar-refractivity contribution in [3.05, 3.63) is 53.9 Å². The van der Waals surface area contributed by atoms with Crippen LogP contribution in [0.25, 0.3) is 5.70 Å². The number of nitrogens with zero attached hydrogens (tertiary/aromatic N) is 2. The number of carbonyl (C=O) groups excluding carboxylic acids is 1. The number of benzene rings is 1. The van der Waals surface area contributed by atoms with Gasteiger partial charge in [-0.3, -0.25) is 9.80 Å². The standard InChI is InChI=1S/C22H28N4O2/c1-5-6-15(3)28-21-17(19-13-25(4)24-23-19)11-12-20-18(21)10-7-14(2)26(20)22(27)16-8-9-16/h5-6,11-14,16,23-24H,3,7-10H2,1-2,4H3/b6-5-/t14-/m0/s1. The molecule has 2 aliphatic heterocycles. The lowest BCUT2D eigenvalue weighted by Gasteiger charge is -2.36. The van der Waals surface area contributed by atoms with Crippen LogP contribution in [0.5, 0.6) is 5.75 Å². The second kappa shape index (κ2) is 7.36. The van der Waals surface area contributed by atoms with Crippen LogP contribution in [0.2, 0.25) is 0 Å². The third-order valence-corrected chi connectivity index (χ3v) is 5.48. The van der Waals surface area contributed by atoms with Crippen LogP contribution in [0.1, 0.15) is 44.2 Å². The zero-order chi connectivity index (χ0) is 19.8. The lowest BCUT2D eigenvalue weighted by Crippen LogP contribution is -2.43. The zero-order valence-electron chi connectivity index (χ0n) is 16.8. The summed E-state index contributed by atoms with van der Waals surface area (Å²) in [5, 5.41) is 1.85. The summed E-state index contributed by atoms with van der Waals surface area (Å²) in [5.41, 5.74) is 10.1. The van der Waals surface area contributed by atoms with Gasteiger partial charge in [-0.15, -0.1) is 5.53 Å². The molecule has 3 aliphatic rings. The van der Waals surface area contributed by atoms with Gasteiger partial charge in [0.2, 0.25) is 5.91 Å². The predicted octanol–water partition coefficient (Wildman–Crippen LogP) is 3.49. The minimum absolute atomic E-state index is 0.187. The maximum Gasteiger partial charge on any atom is 0.230 e. The van der Waals surface area contributed by atoms with E-state index in [4.69, 9.17) is 4.74 Å². The van der Waals surface area contributed by atoms with Crippen molar-refractivity contribution in [1.29, 1.82) is 0 Å². The molecule has 2 heterocycles. The van der Waals surface area contributed by atoms with Crippen LogP contribution in [0, 0.1) is 5.92 Å². The van der Waals surface area contributed by atoms with E-state index in [1.807, 2.05) is 48.3 Å². The minimum atomic E-state index is 0.187. The first-order chi connectivity index (χ1) is 13.5. The summed E-state index contributed by atoms with van der Waals surface area (Å²) in [7, 11) is 1.93. The summed E-state index contributed by atoms with van der Waals surface area (Å²) in [5.74, 6) is 1.79. The van der Waals surface area contributed by atoms with Crippen LogP contribution in [0.3, 0.4) is 0 Å². The molecule has 1 saturated carbocycles. The summed E-state index contributed by atoms with van der Waals surface area (Å²) < 4.78 is 6.23. The molecule has 1 fully saturated rings. The fourth-order valence-corrected chi connectivity index (χ4v) is 3.89. The number of amides is 1. The number of carbonyl (C=O) groups is 1. The van der Waals surface area contributed by atoms with Crippen molar-refractivity contribution in [2.75, 3.05) is 11.9 Å². The first-order valence-electron chi connectivity index (χ1n) is 9.94. The van der Waals surface area contributed by atoms with Gasteiger partial charge in [0.1, 0.15) is 11.5 Å². The van der Waals surface area contributed by atoms with Gasteiger partial charge < -0.3 is 15.1 Å². The highest BCUT2D eigenvalue weighted by molar-refractivity contribution is 5.99. The van der Waals surface area contributed by atoms with Gasteiger partial charge in [-0.25, -0.2) is 0 Å². The van der Waals surface area contributed by atoms with Crippen molar-refractivity contribution < 1.29 is 9.53 Å². The van der Waals surface area contributed by atoms with E-state index in [9.17, 15) is 4.79 Å². The van der Waals surface area contributed by atoms with Crippen molar-refractivity contribution in [2.45, 2.75) is 45.6 Å². The van der Waals surface area contributed by atoms with Gasteiger partial charge in [0.25, 0.3) is 0 Å². The number of fused-ring (bicyclic) bond motifs is 1. The van der Waals surface area contributed by atoms with E-state index in [-0.39, 0.29) is 17.9 Å². The number of ether oxygens (including phenoxy) is 1. The van der Waals surface area contributed by atoms with Crippen LogP contribution >= 0.6 is 0 Å². The van der Waals surface area contributed by atoms with Crippen LogP contribution in [-0.4, -0.2) is 24.0 Å². The monoisotopic (exact) mass is 380 g/mol. The average molecular weight is 380 g/mol. The Kier molecular flexibility index (Phi) is 4.89. The topological polar surface area (TPSA) is 56.8 Å². The highest BCUT2D eigenvalue weighted by atomic mass is 16.5. The molecule has 6 heteroatoms. The van der Waals surface area contributed by atoms with Gasteiger partial charge in [-0.05, 0) is 57.7 Å². The van der Waals surface area contributed by atoms with E-state index in [1.165, 1.54) is 0 Å². The fraction of sp³-hybridized carbons (Fsp3) is 0.409. The molecule has 2 N–H and O–H groups in total. The van der Waals surface area contributed by atoms with Crippen molar-refractivity contribution in [1.82, 2.24) is 16.0 Å². The van der Waals surface area contributed by atoms with Crippen molar-refractivity contribution in [3.8, 4) is 5.75 Å². The predicted molar refractivity (Wildman–Crippen MR) is 111 cm³/mol. The highest BCUT2D eigenvalue weighted by Crippen LogP contribution is 2.44. The van der Waals surface area contributed by atoms with Crippen LogP contribution in [0.15, 0.2) is 42.8 Å². The molecular formula is C22H28N4O2. The molecule has 0 unspecified atom stereocenters. The molecule has 1 atom stereocenters. The number of hydrazine groups is 2. The number of anilines is 1. The maximum absolute atomic E-state index is 13.0. The Bertz CT molecular complexity index is 870. The maximum atomic E-state index is 13.0. The second-order valence-electron chi connectivity index (χ2n) is 7.77. The van der Waals surface area contributed by atoms with Gasteiger partial charge in [-0.2, -0.15) is 0 Å². The molecule has 1 aliphatic carbocycles. The Morgan fingerprint density at radius 2 is 2.11 bits per heavy atom. The molecule has 0 spiro atoms. The molecule has 0 radical (unpaired) electrons. The number of hydrogen-bond acceptors (Lipinski definition) is 5. The lowest BCUT2D eigenvalue weighted by atomic mass is 9.92. The number of hydrogen-bond donors (Lipinski definition) is 2. The third kappa shape index (κ3) is 3.40. The summed E-state index contributed by atoms with van der Waals surface area (Å²) in [6.45, 7) is 8.10. The number of nitrogens with one attached hydrogen (secondary N) is 2. The van der Waals surface area contributed by atoms with E-state index in [2.05, 4.69) is 30.5 Å². The summed E-state index contributed by atoms with van der Waals surface area (Å²) in [6, 6.07) is 4.30. The van der Waals surface area contributed by atoms with E-state index in [0.29, 0.717) is 5.76 Å². The van der Waals surface area contributed by atoms with Crippen LogP contribution in [-0.2, 0) is 11.2 Å². The molecule has 0 saturated heterocycles. The summed E-state index contributed by atoms with van der Waals surface area (Å²) in [4.78, 5) is 15.0. The Labute approximate surface area is 166 Å². The molecular weight excluding hydrogens is 352 g/mol. The fourth-order valence-electron chi connectivity index (χ4n) is 3.89. The van der Waals surface area contributed by atoms with Gasteiger partial charge in [0, 0.05) is 36.3 Å². The van der Waals surface area contributed by atoms with Crippen molar-refractivity contribution >= 4 is 17.3 Å². The van der Waals surface area contributed by atoms with E-state index in [1.54, 1.807) is 0 Å². The average Bonchev–Trinajstić information content (AvgIpc) is 3.43. The van der Waals surface area contributed by atoms with Crippen molar-refractivity contribution in [3.63, 3.8) is 0 Å². The first-order valence-corrected chi connectivity index (χ1v) is 9.94. The Balaban J connectivity index is 1.81. The summed E-state index contributed by atoms with van der Waals surface area (Å²) in [6.07, 6.45) is 9.54. The zero-order valence-corrected chi connectivity index (χ0v) is 16.8. The van der Waals surface area contributed by atoms with Gasteiger partial charge in [-0.1, -0.05) is 12.7 Å². The molecule has 1 amide bonds. The normalized spacial score (nSPS) is 21.4. The van der Waals surface area contributed by atoms with Gasteiger partial charge in [0.15, 0.2) is 0 Å². The quantitative estimate of drug-likeness (QED) is 0.605. The number of allylic oxidation sites excluding steroid dienone is 2. The van der Waals surface area contributed by atoms with E-state index >= 15 is 0 Å². The largest absolute Gasteiger partial charge is 0.457 e. The smallest absolute Gasteiger partial charge is 0.230 e. The highest BCUT2D eigenvalue weighted by Gasteiger charge is 2.39. The van der Waals surface area contributed by atoms with Crippen molar-refractivity contribution in [2.24, 2.45) is 5.92 Å². The molecule has 6 nitrogen and oxygen atoms in total. The Morgan fingerprint density at radius 1 is 1.32 bits per heavy atom. The Morgan fingerprint density at radius 3 is 2.75 bits per heavy atom. The molecule has 0 bridgehead atoms. The molecule has 0 aromatic heterocycles. The van der Waals surface area contributed by atoms with Crippen LogP contribution in [0.4, 0.5) is 5.69 Å². The molecule has 1 aromatic carbocycles. The second-order valence-corrected chi connectivity index (χ2v) is 7.77. The lowest BCUT2D eigenvalue weighted by molar-refractivity contribution is -0.120. The molecule has 1 aromatic rings. The number of rotatable bonds is 5. The third-order valence-electron chi connectivity index (χ3n) is 5.48. The minimum Gasteiger partial charge on any atom is -0.457 e. The Hall–Kier alpha value is -2.73. The molecule has 148 valence electrons. The summed E-state index contributed by atoms with van der Waals surface area (Å²) >= 11 is 0. The SMILES string of the molecule is C=C(/C=C\C)Oc1c(C2=CN(C)NN2)ccc2c1CC[C@H](C)N2C(=O)C1CC1. The van der Waals surface area contributed by atoms with Crippen LogP contribution < -0.4 is 20.6 Å². The van der Waals surface area contributed by atoms with Gasteiger partial charge in [0.05, 0.1) is 11.4 Å². The molecule has 28 heavy (non-hydrogen) atoms. The van der Waals surface area contributed by atoms with Gasteiger partial charge >= 0.3 is 0 Å².